The fraction of sp³-hybridized carbons (Fsp3) is 0.533. The Morgan fingerprint density at radius 3 is 2.91 bits per heavy atom. The SMILES string of the molecule is COc1cc(CN(C)C(=O)C2COCCN2)ccc1SC.Cl. The predicted molar refractivity (Wildman–Crippen MR) is 91.1 cm³/mol. The molecule has 1 aliphatic rings. The van der Waals surface area contributed by atoms with Crippen molar-refractivity contribution < 1.29 is 14.3 Å². The van der Waals surface area contributed by atoms with E-state index in [1.807, 2.05) is 31.5 Å². The number of thioether (sulfide) groups is 1. The van der Waals surface area contributed by atoms with Gasteiger partial charge in [0, 0.05) is 25.0 Å². The second-order valence-electron chi connectivity index (χ2n) is 4.97. The number of nitrogens with zero attached hydrogens (tertiary/aromatic N) is 1. The molecule has 1 heterocycles. The summed E-state index contributed by atoms with van der Waals surface area (Å²) in [6, 6.07) is 5.80. The third kappa shape index (κ3) is 4.78. The van der Waals surface area contributed by atoms with Gasteiger partial charge in [-0.15, -0.1) is 24.2 Å². The number of morpholine rings is 1. The van der Waals surface area contributed by atoms with E-state index in [0.717, 1.165) is 22.8 Å². The minimum Gasteiger partial charge on any atom is -0.496 e. The number of amides is 1. The molecule has 5 nitrogen and oxygen atoms in total. The molecule has 7 heteroatoms. The van der Waals surface area contributed by atoms with Crippen LogP contribution in [0, 0.1) is 0 Å². The number of rotatable bonds is 5. The van der Waals surface area contributed by atoms with Crippen LogP contribution >= 0.6 is 24.2 Å². The van der Waals surface area contributed by atoms with Crippen molar-refractivity contribution in [3.05, 3.63) is 23.8 Å². The standard InChI is InChI=1S/C15H22N2O3S.ClH/c1-17(15(18)12-10-20-7-6-16-12)9-11-4-5-14(21-3)13(8-11)19-2;/h4-5,8,12,16H,6-7,9-10H2,1-3H3;1H. The molecule has 1 fully saturated rings. The Kier molecular flexibility index (Phi) is 8.03. The summed E-state index contributed by atoms with van der Waals surface area (Å²) in [6.07, 6.45) is 2.02. The minimum absolute atomic E-state index is 0. The van der Waals surface area contributed by atoms with Crippen molar-refractivity contribution in [1.82, 2.24) is 10.2 Å². The number of ether oxygens (including phenoxy) is 2. The van der Waals surface area contributed by atoms with Crippen LogP contribution < -0.4 is 10.1 Å². The molecule has 1 saturated heterocycles. The van der Waals surface area contributed by atoms with E-state index >= 15 is 0 Å². The number of carbonyl (C=O) groups is 1. The number of hydrogen-bond acceptors (Lipinski definition) is 5. The lowest BCUT2D eigenvalue weighted by molar-refractivity contribution is -0.135. The van der Waals surface area contributed by atoms with E-state index in [0.29, 0.717) is 19.8 Å². The van der Waals surface area contributed by atoms with Gasteiger partial charge in [0.15, 0.2) is 0 Å². The maximum atomic E-state index is 12.3. The molecule has 0 saturated carbocycles. The average molecular weight is 347 g/mol. The fourth-order valence-corrected chi connectivity index (χ4v) is 2.87. The first kappa shape index (κ1) is 19.1. The molecule has 22 heavy (non-hydrogen) atoms. The highest BCUT2D eigenvalue weighted by molar-refractivity contribution is 7.98. The van der Waals surface area contributed by atoms with E-state index in [4.69, 9.17) is 9.47 Å². The highest BCUT2D eigenvalue weighted by Crippen LogP contribution is 2.28. The van der Waals surface area contributed by atoms with Crippen molar-refractivity contribution in [3.8, 4) is 5.75 Å². The molecule has 0 aliphatic carbocycles. The van der Waals surface area contributed by atoms with Crippen molar-refractivity contribution in [2.45, 2.75) is 17.5 Å². The lowest BCUT2D eigenvalue weighted by Crippen LogP contribution is -2.51. The fourth-order valence-electron chi connectivity index (χ4n) is 2.32. The summed E-state index contributed by atoms with van der Waals surface area (Å²) in [5.41, 5.74) is 1.05. The van der Waals surface area contributed by atoms with E-state index < -0.39 is 0 Å². The van der Waals surface area contributed by atoms with Crippen molar-refractivity contribution in [3.63, 3.8) is 0 Å². The molecule has 1 unspecified atom stereocenters. The maximum absolute atomic E-state index is 12.3. The number of carbonyl (C=O) groups excluding carboxylic acids is 1. The molecule has 1 aromatic carbocycles. The largest absolute Gasteiger partial charge is 0.496 e. The van der Waals surface area contributed by atoms with Crippen LogP contribution in [0.15, 0.2) is 23.1 Å². The molecule has 1 aromatic rings. The molecule has 0 aromatic heterocycles. The molecule has 2 rings (SSSR count). The highest BCUT2D eigenvalue weighted by Gasteiger charge is 2.24. The van der Waals surface area contributed by atoms with E-state index in [-0.39, 0.29) is 24.4 Å². The Hall–Kier alpha value is -0.950. The number of likely N-dealkylation sites (N-methyl/N-ethyl adjacent to an activating group) is 1. The number of hydrogen-bond donors (Lipinski definition) is 1. The summed E-state index contributed by atoms with van der Waals surface area (Å²) >= 11 is 1.64. The summed E-state index contributed by atoms with van der Waals surface area (Å²) in [5.74, 6) is 0.905. The van der Waals surface area contributed by atoms with Crippen LogP contribution in [-0.4, -0.2) is 57.0 Å². The second kappa shape index (κ2) is 9.25. The first-order valence-corrected chi connectivity index (χ1v) is 8.15. The number of benzene rings is 1. The molecule has 0 spiro atoms. The molecule has 1 atom stereocenters. The smallest absolute Gasteiger partial charge is 0.242 e. The summed E-state index contributed by atoms with van der Waals surface area (Å²) in [7, 11) is 3.48. The predicted octanol–water partition coefficient (Wildman–Crippen LogP) is 1.79. The van der Waals surface area contributed by atoms with Gasteiger partial charge in [-0.3, -0.25) is 4.79 Å². The van der Waals surface area contributed by atoms with E-state index in [1.165, 1.54) is 0 Å². The van der Waals surface area contributed by atoms with Crippen LogP contribution in [0.4, 0.5) is 0 Å². The zero-order valence-corrected chi connectivity index (χ0v) is 14.8. The number of halogens is 1. The monoisotopic (exact) mass is 346 g/mol. The summed E-state index contributed by atoms with van der Waals surface area (Å²) in [5, 5.41) is 3.18. The molecule has 1 aliphatic heterocycles. The molecular weight excluding hydrogens is 324 g/mol. The van der Waals surface area contributed by atoms with Gasteiger partial charge in [0.05, 0.1) is 20.3 Å². The van der Waals surface area contributed by atoms with E-state index in [9.17, 15) is 4.79 Å². The van der Waals surface area contributed by atoms with Gasteiger partial charge < -0.3 is 19.7 Å². The van der Waals surface area contributed by atoms with Gasteiger partial charge >= 0.3 is 0 Å². The minimum atomic E-state index is -0.240. The topological polar surface area (TPSA) is 50.8 Å². The second-order valence-corrected chi connectivity index (χ2v) is 5.81. The molecule has 0 bridgehead atoms. The van der Waals surface area contributed by atoms with Crippen LogP contribution in [0.3, 0.4) is 0 Å². The van der Waals surface area contributed by atoms with Crippen LogP contribution in [0.1, 0.15) is 5.56 Å². The average Bonchev–Trinajstić information content (AvgIpc) is 2.54. The Balaban J connectivity index is 0.00000242. The van der Waals surface area contributed by atoms with E-state index in [1.54, 1.807) is 23.8 Å². The highest BCUT2D eigenvalue weighted by atomic mass is 35.5. The zero-order valence-electron chi connectivity index (χ0n) is 13.1. The summed E-state index contributed by atoms with van der Waals surface area (Å²) in [4.78, 5) is 15.1. The normalized spacial score (nSPS) is 17.5. The third-order valence-electron chi connectivity index (χ3n) is 3.46. The van der Waals surface area contributed by atoms with Crippen molar-refractivity contribution in [2.24, 2.45) is 0 Å². The van der Waals surface area contributed by atoms with E-state index in [2.05, 4.69) is 5.32 Å². The first-order valence-electron chi connectivity index (χ1n) is 6.92. The van der Waals surface area contributed by atoms with Crippen LogP contribution in [0.5, 0.6) is 5.75 Å². The summed E-state index contributed by atoms with van der Waals surface area (Å²) < 4.78 is 10.7. The van der Waals surface area contributed by atoms with Gasteiger partial charge in [-0.1, -0.05) is 6.07 Å². The molecule has 0 radical (unpaired) electrons. The first-order chi connectivity index (χ1) is 10.2. The Morgan fingerprint density at radius 2 is 2.32 bits per heavy atom. The Bertz CT molecular complexity index is 496. The van der Waals surface area contributed by atoms with Gasteiger partial charge in [-0.25, -0.2) is 0 Å². The lowest BCUT2D eigenvalue weighted by atomic mass is 10.2. The number of nitrogens with one attached hydrogen (secondary N) is 1. The van der Waals surface area contributed by atoms with Gasteiger partial charge in [0.2, 0.25) is 5.91 Å². The van der Waals surface area contributed by atoms with Gasteiger partial charge in [-0.05, 0) is 24.0 Å². The molecule has 124 valence electrons. The maximum Gasteiger partial charge on any atom is 0.242 e. The lowest BCUT2D eigenvalue weighted by Gasteiger charge is -2.27. The van der Waals surface area contributed by atoms with Crippen molar-refractivity contribution in [2.75, 3.05) is 40.2 Å². The van der Waals surface area contributed by atoms with Crippen molar-refractivity contribution >= 4 is 30.1 Å². The number of methoxy groups -OCH3 is 1. The quantitative estimate of drug-likeness (QED) is 0.824. The van der Waals surface area contributed by atoms with Crippen LogP contribution in [0.25, 0.3) is 0 Å². The Labute approximate surface area is 142 Å². The molecular formula is C15H23ClN2O3S. The third-order valence-corrected chi connectivity index (χ3v) is 4.24. The van der Waals surface area contributed by atoms with Crippen LogP contribution in [-0.2, 0) is 16.1 Å². The molecule has 1 amide bonds. The van der Waals surface area contributed by atoms with Crippen LogP contribution in [0.2, 0.25) is 0 Å². The summed E-state index contributed by atoms with van der Waals surface area (Å²) in [6.45, 7) is 2.39. The zero-order chi connectivity index (χ0) is 15.2. The van der Waals surface area contributed by atoms with Gasteiger partial charge in [0.25, 0.3) is 0 Å². The van der Waals surface area contributed by atoms with Crippen molar-refractivity contribution in [1.29, 1.82) is 0 Å². The Morgan fingerprint density at radius 1 is 1.55 bits per heavy atom. The van der Waals surface area contributed by atoms with Gasteiger partial charge in [-0.2, -0.15) is 0 Å². The molecule has 1 N–H and O–H groups in total. The van der Waals surface area contributed by atoms with Gasteiger partial charge in [0.1, 0.15) is 11.8 Å².